The molecule has 3 aliphatic heterocycles. The summed E-state index contributed by atoms with van der Waals surface area (Å²) in [4.78, 5) is 25.8. The van der Waals surface area contributed by atoms with Crippen LogP contribution in [0, 0.1) is 0 Å². The number of fused-ring (bicyclic) bond motifs is 1. The molecule has 120 valence electrons. The number of allylic oxidation sites excluding steroid dienone is 2. The Bertz CT molecular complexity index is 1020. The lowest BCUT2D eigenvalue weighted by atomic mass is 10.0. The second-order valence-corrected chi connectivity index (χ2v) is 10.0. The number of para-hydroxylation sites is 1. The normalized spacial score (nSPS) is 31.8. The smallest absolute Gasteiger partial charge is 0.321 e. The van der Waals surface area contributed by atoms with E-state index in [0.29, 0.717) is 10.7 Å². The van der Waals surface area contributed by atoms with E-state index in [0.717, 1.165) is 4.57 Å². The van der Waals surface area contributed by atoms with Gasteiger partial charge >= 0.3 is 11.4 Å². The van der Waals surface area contributed by atoms with Crippen LogP contribution in [0.4, 0.5) is 0 Å². The summed E-state index contributed by atoms with van der Waals surface area (Å²) >= 11 is 6.34. The van der Waals surface area contributed by atoms with E-state index < -0.39 is 29.8 Å². The molecular weight excluding hydrogens is 337 g/mol. The minimum absolute atomic E-state index is 0.276. The Morgan fingerprint density at radius 2 is 1.87 bits per heavy atom. The van der Waals surface area contributed by atoms with E-state index in [1.807, 2.05) is 6.07 Å². The van der Waals surface area contributed by atoms with Crippen LogP contribution in [0.1, 0.15) is 12.7 Å². The van der Waals surface area contributed by atoms with Crippen molar-refractivity contribution in [3.05, 3.63) is 62.4 Å². The lowest BCUT2D eigenvalue weighted by Crippen LogP contribution is -2.53. The maximum atomic E-state index is 13.0. The quantitative estimate of drug-likeness (QED) is 0.739. The summed E-state index contributed by atoms with van der Waals surface area (Å²) in [6.45, 7) is 3.42. The zero-order chi connectivity index (χ0) is 16.6. The van der Waals surface area contributed by atoms with Crippen molar-refractivity contribution in [3.63, 3.8) is 0 Å². The van der Waals surface area contributed by atoms with Crippen LogP contribution in [0.2, 0.25) is 0 Å². The Hall–Kier alpha value is -1.78. The van der Waals surface area contributed by atoms with Crippen LogP contribution in [0.3, 0.4) is 0 Å². The third-order valence-electron chi connectivity index (χ3n) is 4.70. The van der Waals surface area contributed by atoms with Gasteiger partial charge in [-0.05, 0) is 31.8 Å². The monoisotopic (exact) mass is 351 g/mol. The summed E-state index contributed by atoms with van der Waals surface area (Å²) in [5.41, 5.74) is -1.40. The van der Waals surface area contributed by atoms with E-state index in [1.165, 1.54) is 9.36 Å². The number of hydrogen-bond donors (Lipinski definition) is 0. The molecule has 3 atom stereocenters. The van der Waals surface area contributed by atoms with Crippen LogP contribution in [0.15, 0.2) is 51.0 Å². The van der Waals surface area contributed by atoms with Gasteiger partial charge in [0, 0.05) is 11.2 Å². The van der Waals surface area contributed by atoms with Gasteiger partial charge in [-0.3, -0.25) is 0 Å². The average Bonchev–Trinajstić information content (AvgIpc) is 2.75. The molecule has 0 amide bonds. The van der Waals surface area contributed by atoms with E-state index in [9.17, 15) is 14.2 Å². The number of benzene rings is 1. The number of rotatable bonds is 1. The SMILES string of the molecule is CC12CP(C)(=O)C(C=C1Cl)n1c(=O)n(-c3ccccc3)c(=O)n12. The van der Waals surface area contributed by atoms with Crippen LogP contribution >= 0.6 is 18.7 Å². The van der Waals surface area contributed by atoms with Crippen molar-refractivity contribution >= 4 is 18.7 Å². The molecule has 0 N–H and O–H groups in total. The van der Waals surface area contributed by atoms with E-state index in [2.05, 4.69) is 0 Å². The molecular formula is C15H15ClN3O3P. The van der Waals surface area contributed by atoms with Crippen molar-refractivity contribution in [2.45, 2.75) is 18.2 Å². The summed E-state index contributed by atoms with van der Waals surface area (Å²) in [6, 6.07) is 8.72. The highest BCUT2D eigenvalue weighted by Gasteiger charge is 2.54. The molecule has 0 aliphatic carbocycles. The summed E-state index contributed by atoms with van der Waals surface area (Å²) in [6.07, 6.45) is 1.93. The Morgan fingerprint density at radius 3 is 2.52 bits per heavy atom. The van der Waals surface area contributed by atoms with Gasteiger partial charge < -0.3 is 4.57 Å². The number of nitrogens with zero attached hydrogens (tertiary/aromatic N) is 3. The summed E-state index contributed by atoms with van der Waals surface area (Å²) in [7, 11) is -2.68. The minimum atomic E-state index is -2.68. The Balaban J connectivity index is 2.12. The van der Waals surface area contributed by atoms with Gasteiger partial charge in [-0.25, -0.2) is 23.5 Å². The number of aromatic nitrogens is 3. The molecule has 0 radical (unpaired) electrons. The van der Waals surface area contributed by atoms with Crippen LogP contribution in [0.5, 0.6) is 0 Å². The third kappa shape index (κ3) is 1.73. The first-order valence-corrected chi connectivity index (χ1v) is 10.0. The number of halogens is 1. The molecule has 4 heterocycles. The molecule has 8 heteroatoms. The van der Waals surface area contributed by atoms with Gasteiger partial charge in [0.2, 0.25) is 0 Å². The number of hydrogen-bond acceptors (Lipinski definition) is 3. The van der Waals surface area contributed by atoms with E-state index in [1.54, 1.807) is 43.9 Å². The maximum absolute atomic E-state index is 13.0. The second-order valence-electron chi connectivity index (χ2n) is 6.43. The van der Waals surface area contributed by atoms with Gasteiger partial charge in [-0.2, -0.15) is 0 Å². The topological polar surface area (TPSA) is 66.0 Å². The molecule has 23 heavy (non-hydrogen) atoms. The summed E-state index contributed by atoms with van der Waals surface area (Å²) in [5.74, 6) is -0.665. The van der Waals surface area contributed by atoms with Crippen LogP contribution < -0.4 is 11.4 Å². The Kier molecular flexibility index (Phi) is 2.83. The van der Waals surface area contributed by atoms with E-state index in [4.69, 9.17) is 11.6 Å². The minimum Gasteiger partial charge on any atom is -0.321 e. The van der Waals surface area contributed by atoms with Crippen molar-refractivity contribution in [3.8, 4) is 5.69 Å². The molecule has 2 bridgehead atoms. The van der Waals surface area contributed by atoms with Gasteiger partial charge in [0.15, 0.2) is 0 Å². The molecule has 0 saturated carbocycles. The first-order chi connectivity index (χ1) is 10.8. The molecule has 0 saturated heterocycles. The first kappa shape index (κ1) is 14.8. The highest BCUT2D eigenvalue weighted by atomic mass is 35.5. The zero-order valence-corrected chi connectivity index (χ0v) is 14.3. The predicted molar refractivity (Wildman–Crippen MR) is 89.3 cm³/mol. The van der Waals surface area contributed by atoms with Gasteiger partial charge in [0.05, 0.1) is 5.69 Å². The zero-order valence-electron chi connectivity index (χ0n) is 12.6. The fourth-order valence-corrected chi connectivity index (χ4v) is 6.94. The van der Waals surface area contributed by atoms with Gasteiger partial charge in [-0.1, -0.05) is 29.8 Å². The Morgan fingerprint density at radius 1 is 1.22 bits per heavy atom. The lowest BCUT2D eigenvalue weighted by molar-refractivity contribution is 0.274. The fraction of sp³-hybridized carbons (Fsp3) is 0.333. The molecule has 5 rings (SSSR count). The third-order valence-corrected chi connectivity index (χ3v) is 7.96. The van der Waals surface area contributed by atoms with E-state index >= 15 is 0 Å². The molecule has 0 spiro atoms. The maximum Gasteiger partial charge on any atom is 0.352 e. The first-order valence-electron chi connectivity index (χ1n) is 7.24. The summed E-state index contributed by atoms with van der Waals surface area (Å²) < 4.78 is 16.8. The molecule has 0 fully saturated rings. The highest BCUT2D eigenvalue weighted by Crippen LogP contribution is 2.64. The standard InChI is InChI=1S/C15H15ClN3O3P/c1-15-9-23(2,22)12(8-11(15)16)18-13(20)17(14(21)19(15)18)10-6-4-3-5-7-10/h3-8,12H,9H2,1-2H3. The highest BCUT2D eigenvalue weighted by molar-refractivity contribution is 7.63. The molecule has 1 aromatic carbocycles. The molecule has 3 aliphatic rings. The van der Waals surface area contributed by atoms with Crippen LogP contribution in [0.25, 0.3) is 5.69 Å². The van der Waals surface area contributed by atoms with Crippen molar-refractivity contribution in [1.29, 1.82) is 0 Å². The Labute approximate surface area is 137 Å². The van der Waals surface area contributed by atoms with E-state index in [-0.39, 0.29) is 6.16 Å². The lowest BCUT2D eigenvalue weighted by Gasteiger charge is -2.46. The largest absolute Gasteiger partial charge is 0.352 e. The van der Waals surface area contributed by atoms with Crippen molar-refractivity contribution < 1.29 is 4.57 Å². The molecule has 6 nitrogen and oxygen atoms in total. The van der Waals surface area contributed by atoms with Crippen molar-refractivity contribution in [2.75, 3.05) is 12.8 Å². The van der Waals surface area contributed by atoms with Gasteiger partial charge in [0.25, 0.3) is 0 Å². The fourth-order valence-electron chi connectivity index (χ4n) is 3.65. The molecule has 2 aromatic rings. The van der Waals surface area contributed by atoms with Gasteiger partial charge in [-0.15, -0.1) is 0 Å². The van der Waals surface area contributed by atoms with Crippen LogP contribution in [-0.2, 0) is 10.1 Å². The predicted octanol–water partition coefficient (Wildman–Crippen LogP) is 2.16. The van der Waals surface area contributed by atoms with Crippen LogP contribution in [-0.4, -0.2) is 26.8 Å². The average molecular weight is 352 g/mol. The molecule has 1 aromatic heterocycles. The summed E-state index contributed by atoms with van der Waals surface area (Å²) in [5, 5.41) is 0.461. The van der Waals surface area contributed by atoms with Crippen molar-refractivity contribution in [2.24, 2.45) is 0 Å². The van der Waals surface area contributed by atoms with Gasteiger partial charge in [0.1, 0.15) is 18.5 Å². The van der Waals surface area contributed by atoms with Crippen molar-refractivity contribution in [1.82, 2.24) is 13.9 Å². The second kappa shape index (κ2) is 4.40. The molecule has 3 unspecified atom stereocenters.